The summed E-state index contributed by atoms with van der Waals surface area (Å²) < 4.78 is 11.0. The van der Waals surface area contributed by atoms with Crippen molar-refractivity contribution < 1.29 is 13.9 Å². The number of benzene rings is 1. The molecule has 0 radical (unpaired) electrons. The van der Waals surface area contributed by atoms with E-state index in [4.69, 9.17) is 9.15 Å². The largest absolute Gasteiger partial charge is 0.462 e. The van der Waals surface area contributed by atoms with Gasteiger partial charge >= 0.3 is 11.6 Å². The molecule has 0 aliphatic heterocycles. The fraction of sp³-hybridized carbons (Fsp3) is 0.200. The molecule has 5 heteroatoms. The van der Waals surface area contributed by atoms with Gasteiger partial charge < -0.3 is 9.15 Å². The van der Waals surface area contributed by atoms with E-state index in [1.807, 2.05) is 19.1 Å². The van der Waals surface area contributed by atoms with E-state index in [1.54, 1.807) is 19.1 Å². The zero-order valence-corrected chi connectivity index (χ0v) is 11.9. The van der Waals surface area contributed by atoms with Gasteiger partial charge in [0.1, 0.15) is 10.5 Å². The number of hydrogen-bond donors (Lipinski definition) is 0. The van der Waals surface area contributed by atoms with Crippen molar-refractivity contribution in [1.29, 1.82) is 0 Å². The van der Waals surface area contributed by atoms with E-state index in [1.165, 1.54) is 11.3 Å². The Bertz CT molecular complexity index is 873. The van der Waals surface area contributed by atoms with Crippen LogP contribution >= 0.6 is 11.3 Å². The number of fused-ring (bicyclic) bond motifs is 3. The number of ether oxygens (including phenoxy) is 1. The Morgan fingerprint density at radius 3 is 2.85 bits per heavy atom. The summed E-state index contributed by atoms with van der Waals surface area (Å²) >= 11 is 1.26. The summed E-state index contributed by atoms with van der Waals surface area (Å²) in [5, 5.41) is 1.27. The van der Waals surface area contributed by atoms with Gasteiger partial charge in [-0.1, -0.05) is 11.6 Å². The van der Waals surface area contributed by atoms with Crippen molar-refractivity contribution in [2.45, 2.75) is 13.8 Å². The molecule has 2 heterocycles. The van der Waals surface area contributed by atoms with Crippen molar-refractivity contribution in [1.82, 2.24) is 0 Å². The van der Waals surface area contributed by atoms with Crippen LogP contribution in [0, 0.1) is 6.92 Å². The summed E-state index contributed by atoms with van der Waals surface area (Å²) in [6, 6.07) is 7.16. The summed E-state index contributed by atoms with van der Waals surface area (Å²) in [4.78, 5) is 24.2. The number of esters is 1. The van der Waals surface area contributed by atoms with Crippen molar-refractivity contribution in [2.24, 2.45) is 0 Å². The highest BCUT2D eigenvalue weighted by atomic mass is 32.1. The van der Waals surface area contributed by atoms with Gasteiger partial charge in [-0.25, -0.2) is 9.59 Å². The Kier molecular flexibility index (Phi) is 3.06. The van der Waals surface area contributed by atoms with E-state index in [-0.39, 0.29) is 0 Å². The minimum absolute atomic E-state index is 0.307. The molecule has 1 aromatic carbocycles. The lowest BCUT2D eigenvalue weighted by Gasteiger charge is -1.99. The molecule has 0 aliphatic carbocycles. The number of aryl methyl sites for hydroxylation is 1. The van der Waals surface area contributed by atoms with Crippen LogP contribution in [0.4, 0.5) is 0 Å². The van der Waals surface area contributed by atoms with Crippen LogP contribution in [-0.2, 0) is 4.74 Å². The lowest BCUT2D eigenvalue weighted by Crippen LogP contribution is -2.02. The highest BCUT2D eigenvalue weighted by Crippen LogP contribution is 2.31. The molecule has 0 saturated heterocycles. The molecule has 0 amide bonds. The van der Waals surface area contributed by atoms with Gasteiger partial charge in [-0.15, -0.1) is 11.3 Å². The van der Waals surface area contributed by atoms with E-state index >= 15 is 0 Å². The molecule has 0 saturated carbocycles. The Morgan fingerprint density at radius 2 is 2.10 bits per heavy atom. The third-order valence-corrected chi connectivity index (χ3v) is 4.16. The number of hydrogen-bond acceptors (Lipinski definition) is 5. The van der Waals surface area contributed by atoms with Crippen LogP contribution in [0.1, 0.15) is 22.2 Å². The summed E-state index contributed by atoms with van der Waals surface area (Å²) in [6.45, 7) is 4.02. The number of carbonyl (C=O) groups excluding carboxylic acids is 1. The number of thiophene rings is 1. The predicted molar refractivity (Wildman–Crippen MR) is 78.6 cm³/mol. The van der Waals surface area contributed by atoms with E-state index in [9.17, 15) is 9.59 Å². The Balaban J connectivity index is 2.34. The molecule has 20 heavy (non-hydrogen) atoms. The molecule has 4 nitrogen and oxygen atoms in total. The Labute approximate surface area is 118 Å². The molecule has 102 valence electrons. The van der Waals surface area contributed by atoms with Crippen LogP contribution in [-0.4, -0.2) is 12.6 Å². The van der Waals surface area contributed by atoms with Crippen LogP contribution in [0.5, 0.6) is 0 Å². The summed E-state index contributed by atoms with van der Waals surface area (Å²) in [5.74, 6) is -0.408. The van der Waals surface area contributed by atoms with Gasteiger partial charge in [0.05, 0.1) is 16.7 Å². The van der Waals surface area contributed by atoms with Crippen LogP contribution in [0.2, 0.25) is 0 Å². The van der Waals surface area contributed by atoms with Crippen molar-refractivity contribution in [3.05, 3.63) is 45.1 Å². The molecular weight excluding hydrogens is 276 g/mol. The topological polar surface area (TPSA) is 56.5 Å². The van der Waals surface area contributed by atoms with Gasteiger partial charge in [0.25, 0.3) is 0 Å². The first-order chi connectivity index (χ1) is 9.60. The number of carbonyl (C=O) groups is 1. The quantitative estimate of drug-likeness (QED) is 0.535. The van der Waals surface area contributed by atoms with Crippen LogP contribution in [0.15, 0.2) is 33.5 Å². The average Bonchev–Trinajstić information content (AvgIpc) is 2.86. The predicted octanol–water partition coefficient (Wildman–Crippen LogP) is 3.49. The molecule has 0 atom stereocenters. The molecule has 3 rings (SSSR count). The lowest BCUT2D eigenvalue weighted by atomic mass is 10.1. The summed E-state index contributed by atoms with van der Waals surface area (Å²) in [7, 11) is 0. The molecule has 2 aromatic heterocycles. The first kappa shape index (κ1) is 12.9. The smallest absolute Gasteiger partial charge is 0.348 e. The van der Waals surface area contributed by atoms with Crippen LogP contribution in [0.3, 0.4) is 0 Å². The lowest BCUT2D eigenvalue weighted by molar-refractivity contribution is 0.0532. The minimum atomic E-state index is -0.428. The van der Waals surface area contributed by atoms with Crippen molar-refractivity contribution in [3.63, 3.8) is 0 Å². The first-order valence-corrected chi connectivity index (χ1v) is 7.06. The third kappa shape index (κ3) is 2.00. The molecule has 0 fully saturated rings. The molecule has 0 bridgehead atoms. The van der Waals surface area contributed by atoms with Gasteiger partial charge in [0.15, 0.2) is 0 Å². The van der Waals surface area contributed by atoms with Gasteiger partial charge in [-0.3, -0.25) is 0 Å². The Morgan fingerprint density at radius 1 is 1.30 bits per heavy atom. The maximum atomic E-state index is 12.0. The molecule has 3 aromatic rings. The first-order valence-electron chi connectivity index (χ1n) is 6.24. The van der Waals surface area contributed by atoms with E-state index in [0.717, 1.165) is 15.6 Å². The van der Waals surface area contributed by atoms with Gasteiger partial charge in [0.2, 0.25) is 0 Å². The molecule has 0 spiro atoms. The standard InChI is InChI=1S/C15H12O4S/c1-3-18-15(17)12-7-10-13(20-12)9-6-8(2)4-5-11(9)19-14(10)16/h4-7H,3H2,1-2H3. The maximum absolute atomic E-state index is 12.0. The van der Waals surface area contributed by atoms with E-state index in [2.05, 4.69) is 0 Å². The zero-order valence-electron chi connectivity index (χ0n) is 11.1. The summed E-state index contributed by atoms with van der Waals surface area (Å²) in [6.07, 6.45) is 0. The maximum Gasteiger partial charge on any atom is 0.348 e. The normalized spacial score (nSPS) is 11.1. The second-order valence-corrected chi connectivity index (χ2v) is 5.52. The molecule has 0 unspecified atom stereocenters. The van der Waals surface area contributed by atoms with E-state index < -0.39 is 11.6 Å². The van der Waals surface area contributed by atoms with Crippen LogP contribution < -0.4 is 5.63 Å². The SMILES string of the molecule is CCOC(=O)c1cc2c(=O)oc3ccc(C)cc3c2s1. The Hall–Kier alpha value is -2.14. The van der Waals surface area contributed by atoms with Crippen molar-refractivity contribution in [3.8, 4) is 0 Å². The number of rotatable bonds is 2. The summed E-state index contributed by atoms with van der Waals surface area (Å²) in [5.41, 5.74) is 1.17. The highest BCUT2D eigenvalue weighted by Gasteiger charge is 2.16. The second-order valence-electron chi connectivity index (χ2n) is 4.46. The van der Waals surface area contributed by atoms with Gasteiger partial charge in [-0.05, 0) is 32.0 Å². The molecular formula is C15H12O4S. The fourth-order valence-electron chi connectivity index (χ4n) is 2.11. The molecule has 0 N–H and O–H groups in total. The minimum Gasteiger partial charge on any atom is -0.462 e. The van der Waals surface area contributed by atoms with E-state index in [0.29, 0.717) is 22.5 Å². The van der Waals surface area contributed by atoms with Crippen molar-refractivity contribution in [2.75, 3.05) is 6.61 Å². The third-order valence-electron chi connectivity index (χ3n) is 3.01. The molecule has 0 aliphatic rings. The van der Waals surface area contributed by atoms with Crippen molar-refractivity contribution >= 4 is 38.4 Å². The monoisotopic (exact) mass is 288 g/mol. The van der Waals surface area contributed by atoms with Crippen LogP contribution in [0.25, 0.3) is 21.1 Å². The highest BCUT2D eigenvalue weighted by molar-refractivity contribution is 7.21. The second kappa shape index (κ2) is 4.76. The van der Waals surface area contributed by atoms with Gasteiger partial charge in [-0.2, -0.15) is 0 Å². The average molecular weight is 288 g/mol. The zero-order chi connectivity index (χ0) is 14.3. The fourth-order valence-corrected chi connectivity index (χ4v) is 3.17. The van der Waals surface area contributed by atoms with Gasteiger partial charge in [0, 0.05) is 5.39 Å².